The average Bonchev–Trinajstić information content (AvgIpc) is 3.38. The van der Waals surface area contributed by atoms with E-state index in [0.717, 1.165) is 82.0 Å². The van der Waals surface area contributed by atoms with Gasteiger partial charge in [0.1, 0.15) is 21.7 Å². The number of thioether (sulfide) groups is 1. The van der Waals surface area contributed by atoms with Crippen LogP contribution < -0.4 is 4.90 Å². The van der Waals surface area contributed by atoms with Gasteiger partial charge < -0.3 is 14.4 Å². The van der Waals surface area contributed by atoms with Gasteiger partial charge in [0.15, 0.2) is 10.8 Å². The maximum Gasteiger partial charge on any atom is 0.196 e. The first-order valence-corrected chi connectivity index (χ1v) is 12.9. The molecule has 0 radical (unpaired) electrons. The van der Waals surface area contributed by atoms with Crippen molar-refractivity contribution in [1.82, 2.24) is 24.6 Å². The fourth-order valence-corrected chi connectivity index (χ4v) is 6.44. The third-order valence-corrected chi connectivity index (χ3v) is 8.35. The maximum atomic E-state index is 6.23. The zero-order valence-electron chi connectivity index (χ0n) is 18.6. The van der Waals surface area contributed by atoms with Crippen LogP contribution in [0.5, 0.6) is 0 Å². The molecule has 0 bridgehead atoms. The first-order valence-electron chi connectivity index (χ1n) is 11.1. The van der Waals surface area contributed by atoms with Crippen molar-refractivity contribution in [2.24, 2.45) is 0 Å². The van der Waals surface area contributed by atoms with Crippen molar-refractivity contribution >= 4 is 55.0 Å². The Labute approximate surface area is 194 Å². The van der Waals surface area contributed by atoms with E-state index in [-0.39, 0.29) is 5.60 Å². The summed E-state index contributed by atoms with van der Waals surface area (Å²) in [5.74, 6) is 2.05. The molecular formula is C22H26N6O2S2. The minimum Gasteiger partial charge on any atom is -0.378 e. The number of nitrogens with zero attached hydrogens (tertiary/aromatic N) is 6. The number of ether oxygens (including phenoxy) is 2. The quantitative estimate of drug-likeness (QED) is 0.413. The fraction of sp³-hybridized carbons (Fsp3) is 0.545. The van der Waals surface area contributed by atoms with E-state index in [2.05, 4.69) is 35.9 Å². The second kappa shape index (κ2) is 7.79. The first-order chi connectivity index (χ1) is 15.6. The summed E-state index contributed by atoms with van der Waals surface area (Å²) < 4.78 is 14.9. The molecule has 6 heterocycles. The number of hydrogen-bond acceptors (Lipinski definition) is 9. The van der Waals surface area contributed by atoms with Crippen molar-refractivity contribution in [3.8, 4) is 0 Å². The highest BCUT2D eigenvalue weighted by Gasteiger charge is 2.33. The molecule has 32 heavy (non-hydrogen) atoms. The van der Waals surface area contributed by atoms with E-state index in [0.29, 0.717) is 6.61 Å². The van der Waals surface area contributed by atoms with E-state index in [1.54, 1.807) is 23.1 Å². The number of rotatable bonds is 4. The normalized spacial score (nSPS) is 18.7. The van der Waals surface area contributed by atoms with E-state index in [4.69, 9.17) is 19.4 Å². The molecule has 1 fully saturated rings. The predicted molar refractivity (Wildman–Crippen MR) is 128 cm³/mol. The molecule has 4 aromatic heterocycles. The van der Waals surface area contributed by atoms with Crippen LogP contribution in [-0.4, -0.2) is 62.2 Å². The summed E-state index contributed by atoms with van der Waals surface area (Å²) in [5.41, 5.74) is 4.13. The Morgan fingerprint density at radius 2 is 2.03 bits per heavy atom. The molecule has 0 amide bonds. The Hall–Kier alpha value is -2.01. The molecule has 2 aliphatic rings. The van der Waals surface area contributed by atoms with Gasteiger partial charge in [-0.15, -0.1) is 21.5 Å². The van der Waals surface area contributed by atoms with Crippen LogP contribution in [0.25, 0.3) is 26.1 Å². The van der Waals surface area contributed by atoms with Crippen molar-refractivity contribution < 1.29 is 9.47 Å². The van der Waals surface area contributed by atoms with Crippen molar-refractivity contribution in [2.45, 2.75) is 51.0 Å². The summed E-state index contributed by atoms with van der Waals surface area (Å²) in [5, 5.41) is 11.0. The molecule has 0 unspecified atom stereocenters. The van der Waals surface area contributed by atoms with E-state index in [1.807, 2.05) is 10.7 Å². The molecule has 0 atom stereocenters. The minimum absolute atomic E-state index is 0.221. The topological polar surface area (TPSA) is 77.7 Å². The Kier molecular flexibility index (Phi) is 5.01. The zero-order chi connectivity index (χ0) is 21.9. The van der Waals surface area contributed by atoms with Crippen molar-refractivity contribution in [3.05, 3.63) is 17.5 Å². The van der Waals surface area contributed by atoms with Gasteiger partial charge >= 0.3 is 0 Å². The average molecular weight is 471 g/mol. The summed E-state index contributed by atoms with van der Waals surface area (Å²) in [4.78, 5) is 13.4. The fourth-order valence-electron chi connectivity index (χ4n) is 4.56. The van der Waals surface area contributed by atoms with Gasteiger partial charge in [-0.2, -0.15) is 0 Å². The van der Waals surface area contributed by atoms with Gasteiger partial charge in [0.05, 0.1) is 30.9 Å². The molecule has 8 nitrogen and oxygen atoms in total. The summed E-state index contributed by atoms with van der Waals surface area (Å²) >= 11 is 3.39. The van der Waals surface area contributed by atoms with Crippen molar-refractivity contribution in [3.63, 3.8) is 0 Å². The van der Waals surface area contributed by atoms with Gasteiger partial charge in [0.25, 0.3) is 0 Å². The Balaban J connectivity index is 1.60. The summed E-state index contributed by atoms with van der Waals surface area (Å²) in [6, 6.07) is 0. The molecule has 0 N–H and O–H groups in total. The molecule has 0 aliphatic carbocycles. The van der Waals surface area contributed by atoms with Crippen LogP contribution in [0, 0.1) is 0 Å². The lowest BCUT2D eigenvalue weighted by molar-refractivity contribution is -0.0396. The molecule has 6 rings (SSSR count). The van der Waals surface area contributed by atoms with Crippen LogP contribution in [0.15, 0.2) is 11.5 Å². The molecule has 0 spiro atoms. The molecular weight excluding hydrogens is 444 g/mol. The van der Waals surface area contributed by atoms with Crippen LogP contribution in [0.4, 0.5) is 5.82 Å². The molecule has 2 aliphatic heterocycles. The highest BCUT2D eigenvalue weighted by molar-refractivity contribution is 7.99. The number of aromatic nitrogens is 5. The van der Waals surface area contributed by atoms with E-state index in [1.165, 1.54) is 11.1 Å². The lowest BCUT2D eigenvalue weighted by Crippen LogP contribution is -2.39. The van der Waals surface area contributed by atoms with Crippen molar-refractivity contribution in [1.29, 1.82) is 0 Å². The van der Waals surface area contributed by atoms with Crippen LogP contribution in [0.1, 0.15) is 38.3 Å². The van der Waals surface area contributed by atoms with Gasteiger partial charge in [-0.3, -0.25) is 4.40 Å². The van der Waals surface area contributed by atoms with Crippen LogP contribution in [0.2, 0.25) is 0 Å². The van der Waals surface area contributed by atoms with Gasteiger partial charge in [0.2, 0.25) is 0 Å². The predicted octanol–water partition coefficient (Wildman–Crippen LogP) is 4.08. The molecule has 168 valence electrons. The van der Waals surface area contributed by atoms with E-state index < -0.39 is 0 Å². The van der Waals surface area contributed by atoms with Gasteiger partial charge in [0, 0.05) is 36.2 Å². The number of anilines is 1. The monoisotopic (exact) mass is 470 g/mol. The first kappa shape index (κ1) is 20.6. The minimum atomic E-state index is -0.221. The SMILES string of the molecule is CCCSc1nnc2c3sc4nc(N5CCOCC5)c5c(c4c3ncn12)CC(C)(C)OC5. The summed E-state index contributed by atoms with van der Waals surface area (Å²) in [6.07, 6.45) is 3.80. The standard InChI is InChI=1S/C22H26N6O2S2/c1-4-9-31-21-26-25-19-17-16(23-12-28(19)21)15-13-10-22(2,3)30-11-14(13)18(24-20(15)32-17)27-5-7-29-8-6-27/h12H,4-11H2,1-3H3. The maximum absolute atomic E-state index is 6.23. The summed E-state index contributed by atoms with van der Waals surface area (Å²) in [6.45, 7) is 10.2. The molecule has 0 aromatic carbocycles. The van der Waals surface area contributed by atoms with Crippen molar-refractivity contribution in [2.75, 3.05) is 37.0 Å². The number of fused-ring (bicyclic) bond motifs is 7. The second-order valence-electron chi connectivity index (χ2n) is 8.95. The van der Waals surface area contributed by atoms with Crippen LogP contribution >= 0.6 is 23.1 Å². The lowest BCUT2D eigenvalue weighted by atomic mass is 9.90. The molecule has 10 heteroatoms. The smallest absolute Gasteiger partial charge is 0.196 e. The Morgan fingerprint density at radius 1 is 1.19 bits per heavy atom. The van der Waals surface area contributed by atoms with E-state index >= 15 is 0 Å². The molecule has 0 saturated carbocycles. The highest BCUT2D eigenvalue weighted by Crippen LogP contribution is 2.43. The van der Waals surface area contributed by atoms with Crippen LogP contribution in [-0.2, 0) is 22.5 Å². The van der Waals surface area contributed by atoms with Gasteiger partial charge in [-0.25, -0.2) is 9.97 Å². The van der Waals surface area contributed by atoms with Gasteiger partial charge in [-0.1, -0.05) is 18.7 Å². The number of thiophene rings is 1. The number of morpholine rings is 1. The third-order valence-electron chi connectivity index (χ3n) is 6.13. The largest absolute Gasteiger partial charge is 0.378 e. The summed E-state index contributed by atoms with van der Waals surface area (Å²) in [7, 11) is 0. The molecule has 4 aromatic rings. The number of hydrogen-bond donors (Lipinski definition) is 0. The molecule has 1 saturated heterocycles. The van der Waals surface area contributed by atoms with Gasteiger partial charge in [-0.05, 0) is 25.8 Å². The van der Waals surface area contributed by atoms with Crippen LogP contribution in [0.3, 0.4) is 0 Å². The second-order valence-corrected chi connectivity index (χ2v) is 11.0. The zero-order valence-corrected chi connectivity index (χ0v) is 20.2. The third kappa shape index (κ3) is 3.27. The Bertz CT molecular complexity index is 1320. The number of pyridine rings is 1. The van der Waals surface area contributed by atoms with E-state index in [9.17, 15) is 0 Å². The highest BCUT2D eigenvalue weighted by atomic mass is 32.2. The Morgan fingerprint density at radius 3 is 2.84 bits per heavy atom. The lowest BCUT2D eigenvalue weighted by Gasteiger charge is -2.36.